The number of carbonyl (C=O) groups is 3. The van der Waals surface area contributed by atoms with Crippen LogP contribution in [0.15, 0.2) is 59.5 Å². The highest BCUT2D eigenvalue weighted by Gasteiger charge is 2.46. The van der Waals surface area contributed by atoms with Gasteiger partial charge in [-0.05, 0) is 41.7 Å². The smallest absolute Gasteiger partial charge is 0.416 e. The lowest BCUT2D eigenvalue weighted by Crippen LogP contribution is -2.39. The Kier molecular flexibility index (Phi) is 7.07. The lowest BCUT2D eigenvalue weighted by Gasteiger charge is -2.18. The first-order chi connectivity index (χ1) is 17.9. The van der Waals surface area contributed by atoms with Gasteiger partial charge in [0.05, 0.1) is 17.0 Å². The van der Waals surface area contributed by atoms with E-state index in [0.29, 0.717) is 24.0 Å². The SMILES string of the molecule is C[C@@H](CNC(=O)c1ncc(C(=O)NC2(c3ccc(-c4ccc(C(F)(F)F)cc4)cc3)CC2)c(=O)[nH]1)C(=O)O. The maximum Gasteiger partial charge on any atom is 0.416 e. The van der Waals surface area contributed by atoms with Gasteiger partial charge in [-0.3, -0.25) is 19.2 Å². The van der Waals surface area contributed by atoms with Gasteiger partial charge >= 0.3 is 12.1 Å². The summed E-state index contributed by atoms with van der Waals surface area (Å²) in [4.78, 5) is 54.4. The quantitative estimate of drug-likeness (QED) is 0.354. The number of H-pyrrole nitrogens is 1. The molecule has 9 nitrogen and oxygen atoms in total. The summed E-state index contributed by atoms with van der Waals surface area (Å²) in [6, 6.07) is 11.9. The Balaban J connectivity index is 1.43. The summed E-state index contributed by atoms with van der Waals surface area (Å²) < 4.78 is 38.4. The largest absolute Gasteiger partial charge is 0.481 e. The van der Waals surface area contributed by atoms with Crippen molar-refractivity contribution in [1.82, 2.24) is 20.6 Å². The molecule has 1 aliphatic rings. The number of alkyl halides is 3. The number of benzene rings is 2. The zero-order valence-corrected chi connectivity index (χ0v) is 20.1. The van der Waals surface area contributed by atoms with Gasteiger partial charge in [0.1, 0.15) is 5.56 Å². The lowest BCUT2D eigenvalue weighted by molar-refractivity contribution is -0.141. The van der Waals surface area contributed by atoms with Crippen LogP contribution in [-0.2, 0) is 16.5 Å². The first kappa shape index (κ1) is 26.6. The van der Waals surface area contributed by atoms with Crippen molar-refractivity contribution in [1.29, 1.82) is 0 Å². The van der Waals surface area contributed by atoms with Crippen LogP contribution in [0.2, 0.25) is 0 Å². The molecular weight excluding hydrogens is 505 g/mol. The fourth-order valence-electron chi connectivity index (χ4n) is 3.82. The van der Waals surface area contributed by atoms with Crippen LogP contribution in [-0.4, -0.2) is 39.4 Å². The molecule has 198 valence electrons. The third-order valence-corrected chi connectivity index (χ3v) is 6.34. The summed E-state index contributed by atoms with van der Waals surface area (Å²) in [5, 5.41) is 14.1. The van der Waals surface area contributed by atoms with E-state index in [0.717, 1.165) is 23.9 Å². The molecule has 1 aliphatic carbocycles. The Bertz CT molecular complexity index is 1430. The predicted molar refractivity (Wildman–Crippen MR) is 129 cm³/mol. The molecule has 0 spiro atoms. The van der Waals surface area contributed by atoms with Crippen molar-refractivity contribution in [3.63, 3.8) is 0 Å². The molecule has 12 heteroatoms. The molecular formula is C26H23F3N4O5. The monoisotopic (exact) mass is 528 g/mol. The molecule has 0 unspecified atom stereocenters. The second-order valence-corrected chi connectivity index (χ2v) is 9.11. The molecule has 3 aromatic rings. The van der Waals surface area contributed by atoms with E-state index in [9.17, 15) is 32.3 Å². The molecule has 1 saturated carbocycles. The van der Waals surface area contributed by atoms with Crippen LogP contribution in [0.25, 0.3) is 11.1 Å². The summed E-state index contributed by atoms with van der Waals surface area (Å²) >= 11 is 0. The Morgan fingerprint density at radius 3 is 2.11 bits per heavy atom. The molecule has 0 saturated heterocycles. The van der Waals surface area contributed by atoms with E-state index in [1.807, 2.05) is 0 Å². The van der Waals surface area contributed by atoms with Gasteiger partial charge in [0, 0.05) is 12.7 Å². The van der Waals surface area contributed by atoms with Crippen molar-refractivity contribution in [2.75, 3.05) is 6.54 Å². The maximum atomic E-state index is 12.8. The molecule has 1 aromatic heterocycles. The number of nitrogens with one attached hydrogen (secondary N) is 3. The van der Waals surface area contributed by atoms with Gasteiger partial charge in [-0.2, -0.15) is 13.2 Å². The molecule has 38 heavy (non-hydrogen) atoms. The van der Waals surface area contributed by atoms with E-state index in [1.54, 1.807) is 24.3 Å². The second kappa shape index (κ2) is 10.1. The summed E-state index contributed by atoms with van der Waals surface area (Å²) in [5.41, 5.74) is -0.478. The summed E-state index contributed by atoms with van der Waals surface area (Å²) in [6.45, 7) is 1.24. The van der Waals surface area contributed by atoms with Crippen LogP contribution in [0.1, 0.15) is 51.9 Å². The van der Waals surface area contributed by atoms with Crippen molar-refractivity contribution in [3.05, 3.63) is 87.6 Å². The fraction of sp³-hybridized carbons (Fsp3) is 0.269. The molecule has 1 atom stereocenters. The number of hydrogen-bond acceptors (Lipinski definition) is 5. The first-order valence-corrected chi connectivity index (χ1v) is 11.6. The highest BCUT2D eigenvalue weighted by atomic mass is 19.4. The third-order valence-electron chi connectivity index (χ3n) is 6.34. The van der Waals surface area contributed by atoms with E-state index in [4.69, 9.17) is 5.11 Å². The molecule has 1 heterocycles. The molecule has 4 rings (SSSR count). The molecule has 2 amide bonds. The Hall–Kier alpha value is -4.48. The number of nitrogens with zero attached hydrogens (tertiary/aromatic N) is 1. The molecule has 1 fully saturated rings. The normalized spacial score (nSPS) is 14.8. The van der Waals surface area contributed by atoms with Crippen LogP contribution in [0.4, 0.5) is 13.2 Å². The molecule has 0 radical (unpaired) electrons. The third kappa shape index (κ3) is 5.74. The van der Waals surface area contributed by atoms with E-state index < -0.39 is 46.5 Å². The first-order valence-electron chi connectivity index (χ1n) is 11.6. The number of carboxylic acid groups (broad SMARTS) is 1. The Labute approximate surface area is 214 Å². The van der Waals surface area contributed by atoms with Crippen LogP contribution in [0, 0.1) is 5.92 Å². The standard InChI is InChI=1S/C26H23F3N4O5/c1-14(24(37)38)12-31-23(36)20-30-13-19(21(34)32-20)22(35)33-25(10-11-25)17-6-2-15(3-7-17)16-4-8-18(9-5-16)26(27,28)29/h2-9,13-14H,10-12H2,1H3,(H,31,36)(H,33,35)(H,37,38)(H,30,32,34)/t14-/m0/s1. The van der Waals surface area contributed by atoms with Gasteiger partial charge in [0.15, 0.2) is 5.82 Å². The van der Waals surface area contributed by atoms with Gasteiger partial charge in [-0.25, -0.2) is 4.98 Å². The zero-order chi connectivity index (χ0) is 27.7. The van der Waals surface area contributed by atoms with Crippen LogP contribution in [0.5, 0.6) is 0 Å². The van der Waals surface area contributed by atoms with Crippen LogP contribution in [0.3, 0.4) is 0 Å². The van der Waals surface area contributed by atoms with Crippen molar-refractivity contribution in [3.8, 4) is 11.1 Å². The summed E-state index contributed by atoms with van der Waals surface area (Å²) in [5.74, 6) is -3.76. The average molecular weight is 528 g/mol. The number of amides is 2. The summed E-state index contributed by atoms with van der Waals surface area (Å²) in [7, 11) is 0. The minimum absolute atomic E-state index is 0.166. The lowest BCUT2D eigenvalue weighted by atomic mass is 9.98. The van der Waals surface area contributed by atoms with Gasteiger partial charge in [0.2, 0.25) is 0 Å². The fourth-order valence-corrected chi connectivity index (χ4v) is 3.82. The average Bonchev–Trinajstić information content (AvgIpc) is 3.66. The second-order valence-electron chi connectivity index (χ2n) is 9.11. The Morgan fingerprint density at radius 1 is 1.03 bits per heavy atom. The number of halogens is 3. The van der Waals surface area contributed by atoms with Crippen molar-refractivity contribution in [2.45, 2.75) is 31.5 Å². The number of hydrogen-bond donors (Lipinski definition) is 4. The number of aromatic nitrogens is 2. The van der Waals surface area contributed by atoms with E-state index in [1.165, 1.54) is 19.1 Å². The van der Waals surface area contributed by atoms with Crippen LogP contribution >= 0.6 is 0 Å². The van der Waals surface area contributed by atoms with Gasteiger partial charge in [-0.15, -0.1) is 0 Å². The minimum Gasteiger partial charge on any atom is -0.481 e. The zero-order valence-electron chi connectivity index (χ0n) is 20.1. The number of rotatable bonds is 8. The number of carbonyl (C=O) groups excluding carboxylic acids is 2. The molecule has 0 aliphatic heterocycles. The predicted octanol–water partition coefficient (Wildman–Crippen LogP) is 3.33. The van der Waals surface area contributed by atoms with E-state index in [2.05, 4.69) is 20.6 Å². The molecule has 2 aromatic carbocycles. The van der Waals surface area contributed by atoms with Crippen molar-refractivity contribution in [2.24, 2.45) is 5.92 Å². The van der Waals surface area contributed by atoms with Gasteiger partial charge < -0.3 is 20.7 Å². The van der Waals surface area contributed by atoms with E-state index >= 15 is 0 Å². The number of carboxylic acids is 1. The summed E-state index contributed by atoms with van der Waals surface area (Å²) in [6.07, 6.45) is -2.20. The van der Waals surface area contributed by atoms with Gasteiger partial charge in [0.25, 0.3) is 17.4 Å². The Morgan fingerprint density at radius 2 is 1.61 bits per heavy atom. The number of aliphatic carboxylic acids is 1. The molecule has 0 bridgehead atoms. The van der Waals surface area contributed by atoms with Gasteiger partial charge in [-0.1, -0.05) is 43.3 Å². The topological polar surface area (TPSA) is 141 Å². The van der Waals surface area contributed by atoms with E-state index in [-0.39, 0.29) is 17.9 Å². The highest BCUT2D eigenvalue weighted by Crippen LogP contribution is 2.46. The minimum atomic E-state index is -4.41. The maximum absolute atomic E-state index is 12.8. The molecule has 4 N–H and O–H groups in total. The van der Waals surface area contributed by atoms with Crippen molar-refractivity contribution < 1.29 is 32.7 Å². The number of aromatic amines is 1. The highest BCUT2D eigenvalue weighted by molar-refractivity contribution is 5.95. The van der Waals surface area contributed by atoms with Crippen molar-refractivity contribution >= 4 is 17.8 Å². The van der Waals surface area contributed by atoms with Crippen LogP contribution < -0.4 is 16.2 Å².